The van der Waals surface area contributed by atoms with Gasteiger partial charge in [0, 0.05) is 5.69 Å². The molecule has 0 aromatic heterocycles. The first kappa shape index (κ1) is 28.5. The summed E-state index contributed by atoms with van der Waals surface area (Å²) in [4.78, 5) is 51.3. The maximum atomic E-state index is 13.4. The first-order chi connectivity index (χ1) is 19.1. The number of carbonyl (C=O) groups excluding carboxylic acids is 4. The van der Waals surface area contributed by atoms with E-state index in [2.05, 4.69) is 26.6 Å². The number of barbiturate groups is 1. The van der Waals surface area contributed by atoms with Crippen molar-refractivity contribution in [2.45, 2.75) is 20.8 Å². The van der Waals surface area contributed by atoms with Gasteiger partial charge in [0.2, 0.25) is 0 Å². The summed E-state index contributed by atoms with van der Waals surface area (Å²) in [7, 11) is 0. The number of hydrogen-bond acceptors (Lipinski definition) is 6. The summed E-state index contributed by atoms with van der Waals surface area (Å²) in [5.74, 6) is -2.17. The molecule has 2 N–H and O–H groups in total. The van der Waals surface area contributed by atoms with E-state index in [9.17, 15) is 23.6 Å². The second kappa shape index (κ2) is 12.1. The van der Waals surface area contributed by atoms with Gasteiger partial charge in [-0.25, -0.2) is 14.1 Å². The number of nitrogens with zero attached hydrogens (tertiary/aromatic N) is 1. The first-order valence-electron chi connectivity index (χ1n) is 12.2. The van der Waals surface area contributed by atoms with Crippen molar-refractivity contribution in [1.82, 2.24) is 5.32 Å². The normalized spacial score (nSPS) is 14.3. The van der Waals surface area contributed by atoms with E-state index in [1.165, 1.54) is 24.3 Å². The molecule has 40 heavy (non-hydrogen) atoms. The van der Waals surface area contributed by atoms with Crippen LogP contribution in [0.1, 0.15) is 23.6 Å². The molecule has 1 aliphatic heterocycles. The van der Waals surface area contributed by atoms with Crippen molar-refractivity contribution in [3.63, 3.8) is 0 Å². The number of benzene rings is 3. The van der Waals surface area contributed by atoms with Crippen molar-refractivity contribution in [3.05, 3.63) is 87.2 Å². The van der Waals surface area contributed by atoms with E-state index in [0.29, 0.717) is 15.7 Å². The van der Waals surface area contributed by atoms with Gasteiger partial charge in [-0.15, -0.1) is 0 Å². The predicted molar refractivity (Wildman–Crippen MR) is 151 cm³/mol. The third-order valence-corrected chi connectivity index (χ3v) is 6.56. The van der Waals surface area contributed by atoms with E-state index >= 15 is 0 Å². The van der Waals surface area contributed by atoms with Gasteiger partial charge in [-0.05, 0) is 108 Å². The minimum atomic E-state index is -0.947. The second-order valence-electron chi connectivity index (χ2n) is 8.83. The molecular formula is C29H25BrFN3O6. The van der Waals surface area contributed by atoms with E-state index in [0.717, 1.165) is 28.2 Å². The molecular weight excluding hydrogens is 585 g/mol. The lowest BCUT2D eigenvalue weighted by Crippen LogP contribution is -2.54. The minimum absolute atomic E-state index is 0.0984. The Morgan fingerprint density at radius 1 is 1.02 bits per heavy atom. The van der Waals surface area contributed by atoms with Gasteiger partial charge >= 0.3 is 6.03 Å². The van der Waals surface area contributed by atoms with Gasteiger partial charge in [0.15, 0.2) is 18.1 Å². The monoisotopic (exact) mass is 609 g/mol. The minimum Gasteiger partial charge on any atom is -0.490 e. The number of aryl methyl sites for hydroxylation is 2. The fourth-order valence-corrected chi connectivity index (χ4v) is 4.45. The predicted octanol–water partition coefficient (Wildman–Crippen LogP) is 5.29. The van der Waals surface area contributed by atoms with Crippen LogP contribution in [0.5, 0.6) is 11.5 Å². The average Bonchev–Trinajstić information content (AvgIpc) is 2.89. The maximum Gasteiger partial charge on any atom is 0.335 e. The molecule has 5 amide bonds. The average molecular weight is 610 g/mol. The molecule has 4 rings (SSSR count). The van der Waals surface area contributed by atoms with Gasteiger partial charge < -0.3 is 14.8 Å². The molecule has 0 aliphatic carbocycles. The summed E-state index contributed by atoms with van der Waals surface area (Å²) in [5, 5.41) is 4.91. The Morgan fingerprint density at radius 2 is 1.75 bits per heavy atom. The lowest BCUT2D eigenvalue weighted by molar-refractivity contribution is -0.122. The van der Waals surface area contributed by atoms with Gasteiger partial charge in [0.25, 0.3) is 17.7 Å². The number of imide groups is 2. The largest absolute Gasteiger partial charge is 0.490 e. The van der Waals surface area contributed by atoms with Gasteiger partial charge in [-0.1, -0.05) is 6.07 Å². The van der Waals surface area contributed by atoms with Crippen LogP contribution in [-0.2, 0) is 14.4 Å². The van der Waals surface area contributed by atoms with Crippen molar-refractivity contribution >= 4 is 57.1 Å². The van der Waals surface area contributed by atoms with Gasteiger partial charge in [0.05, 0.1) is 16.8 Å². The van der Waals surface area contributed by atoms with E-state index in [1.54, 1.807) is 19.1 Å². The summed E-state index contributed by atoms with van der Waals surface area (Å²) in [6, 6.07) is 12.5. The van der Waals surface area contributed by atoms with Crippen LogP contribution < -0.4 is 25.0 Å². The Morgan fingerprint density at radius 3 is 2.42 bits per heavy atom. The molecule has 1 aliphatic rings. The van der Waals surface area contributed by atoms with Gasteiger partial charge in [-0.3, -0.25) is 19.7 Å². The third-order valence-electron chi connectivity index (χ3n) is 5.97. The van der Waals surface area contributed by atoms with Crippen LogP contribution in [0, 0.1) is 19.7 Å². The smallest absolute Gasteiger partial charge is 0.335 e. The lowest BCUT2D eigenvalue weighted by atomic mass is 10.1. The molecule has 0 saturated carbocycles. The SMILES string of the molecule is CCOc1cc(/C=C2\C(=O)NC(=O)N(c3ccc(F)cc3)C2=O)cc(Br)c1OCC(=O)Nc1ccc(C)c(C)c1. The molecule has 0 radical (unpaired) electrons. The molecule has 1 heterocycles. The number of ether oxygens (including phenoxy) is 2. The van der Waals surface area contributed by atoms with E-state index < -0.39 is 23.7 Å². The Kier molecular flexibility index (Phi) is 8.64. The van der Waals surface area contributed by atoms with E-state index in [-0.39, 0.29) is 41.9 Å². The Labute approximate surface area is 238 Å². The van der Waals surface area contributed by atoms with Crippen LogP contribution in [0.4, 0.5) is 20.6 Å². The quantitative estimate of drug-likeness (QED) is 0.265. The molecule has 1 saturated heterocycles. The first-order valence-corrected chi connectivity index (χ1v) is 13.0. The number of hydrogen-bond donors (Lipinski definition) is 2. The number of amides is 5. The lowest BCUT2D eigenvalue weighted by Gasteiger charge is -2.26. The van der Waals surface area contributed by atoms with Crippen LogP contribution >= 0.6 is 15.9 Å². The molecule has 0 spiro atoms. The number of anilines is 2. The topological polar surface area (TPSA) is 114 Å². The van der Waals surface area contributed by atoms with E-state index in [4.69, 9.17) is 9.47 Å². The zero-order chi connectivity index (χ0) is 29.0. The number of carbonyl (C=O) groups is 4. The highest BCUT2D eigenvalue weighted by atomic mass is 79.9. The molecule has 9 nitrogen and oxygen atoms in total. The summed E-state index contributed by atoms with van der Waals surface area (Å²) in [5.41, 5.74) is 2.96. The van der Waals surface area contributed by atoms with Crippen molar-refractivity contribution in [2.24, 2.45) is 0 Å². The van der Waals surface area contributed by atoms with Crippen LogP contribution in [-0.4, -0.2) is 37.0 Å². The molecule has 3 aromatic carbocycles. The molecule has 1 fully saturated rings. The standard InChI is InChI=1S/C29H25BrFN3O6/c1-4-39-24-14-18(12-22-27(36)33-29(38)34(28(22)37)21-9-6-19(31)7-10-21)13-23(30)26(24)40-15-25(35)32-20-8-5-16(2)17(3)11-20/h5-14H,4,15H2,1-3H3,(H,32,35)(H,33,36,38)/b22-12+. The maximum absolute atomic E-state index is 13.4. The zero-order valence-electron chi connectivity index (χ0n) is 21.8. The molecule has 206 valence electrons. The highest BCUT2D eigenvalue weighted by molar-refractivity contribution is 9.10. The zero-order valence-corrected chi connectivity index (χ0v) is 23.4. The number of halogens is 2. The Hall–Kier alpha value is -4.51. The number of urea groups is 1. The fraction of sp³-hybridized carbons (Fsp3) is 0.172. The van der Waals surface area contributed by atoms with Crippen molar-refractivity contribution < 1.29 is 33.0 Å². The van der Waals surface area contributed by atoms with Crippen molar-refractivity contribution in [2.75, 3.05) is 23.4 Å². The van der Waals surface area contributed by atoms with Crippen LogP contribution in [0.3, 0.4) is 0 Å². The van der Waals surface area contributed by atoms with Crippen LogP contribution in [0.15, 0.2) is 64.6 Å². The molecule has 0 unspecified atom stereocenters. The summed E-state index contributed by atoms with van der Waals surface area (Å²) in [6.45, 7) is 5.66. The van der Waals surface area contributed by atoms with E-state index in [1.807, 2.05) is 26.0 Å². The summed E-state index contributed by atoms with van der Waals surface area (Å²) < 4.78 is 25.2. The number of nitrogens with one attached hydrogen (secondary N) is 2. The van der Waals surface area contributed by atoms with Crippen LogP contribution in [0.2, 0.25) is 0 Å². The molecule has 3 aromatic rings. The highest BCUT2D eigenvalue weighted by Crippen LogP contribution is 2.38. The third kappa shape index (κ3) is 6.37. The molecule has 0 bridgehead atoms. The highest BCUT2D eigenvalue weighted by Gasteiger charge is 2.37. The fourth-order valence-electron chi connectivity index (χ4n) is 3.88. The van der Waals surface area contributed by atoms with Gasteiger partial charge in [0.1, 0.15) is 11.4 Å². The van der Waals surface area contributed by atoms with Crippen LogP contribution in [0.25, 0.3) is 6.08 Å². The summed E-state index contributed by atoms with van der Waals surface area (Å²) in [6.07, 6.45) is 1.30. The Bertz CT molecular complexity index is 1540. The van der Waals surface area contributed by atoms with Gasteiger partial charge in [-0.2, -0.15) is 0 Å². The Balaban J connectivity index is 1.57. The molecule has 0 atom stereocenters. The van der Waals surface area contributed by atoms with Crippen molar-refractivity contribution in [3.8, 4) is 11.5 Å². The van der Waals surface area contributed by atoms with Crippen molar-refractivity contribution in [1.29, 1.82) is 0 Å². The second-order valence-corrected chi connectivity index (χ2v) is 9.69. The number of rotatable bonds is 8. The summed E-state index contributed by atoms with van der Waals surface area (Å²) >= 11 is 3.41. The molecule has 11 heteroatoms.